The maximum absolute atomic E-state index is 12.6. The number of nitrogens with one attached hydrogen (secondary N) is 1. The van der Waals surface area contributed by atoms with E-state index in [1.54, 1.807) is 24.3 Å². The highest BCUT2D eigenvalue weighted by molar-refractivity contribution is 7.88. The molecule has 1 heterocycles. The second kappa shape index (κ2) is 10.5. The maximum atomic E-state index is 12.6. The van der Waals surface area contributed by atoms with Gasteiger partial charge in [0.05, 0.1) is 18.8 Å². The van der Waals surface area contributed by atoms with Gasteiger partial charge in [-0.05, 0) is 55.5 Å². The highest BCUT2D eigenvalue weighted by atomic mass is 35.5. The van der Waals surface area contributed by atoms with Gasteiger partial charge in [-0.25, -0.2) is 8.42 Å². The first-order valence-corrected chi connectivity index (χ1v) is 12.8. The molecule has 1 unspecified atom stereocenters. The molecule has 1 saturated heterocycles. The van der Waals surface area contributed by atoms with E-state index in [2.05, 4.69) is 22.3 Å². The van der Waals surface area contributed by atoms with Gasteiger partial charge in [0.2, 0.25) is 15.9 Å². The van der Waals surface area contributed by atoms with Crippen molar-refractivity contribution in [2.24, 2.45) is 0 Å². The van der Waals surface area contributed by atoms with Crippen molar-refractivity contribution in [2.75, 3.05) is 30.8 Å². The average Bonchev–Trinajstić information content (AvgIpc) is 2.75. The number of carbonyl (C=O) groups is 1. The number of piperidine rings is 1. The summed E-state index contributed by atoms with van der Waals surface area (Å²) in [6, 6.07) is 15.0. The van der Waals surface area contributed by atoms with Crippen LogP contribution in [-0.2, 0) is 21.4 Å². The quantitative estimate of drug-likeness (QED) is 0.643. The topological polar surface area (TPSA) is 69.7 Å². The van der Waals surface area contributed by atoms with Gasteiger partial charge in [0.15, 0.2) is 0 Å². The second-order valence-electron chi connectivity index (χ2n) is 8.05. The highest BCUT2D eigenvalue weighted by Crippen LogP contribution is 2.23. The van der Waals surface area contributed by atoms with Crippen molar-refractivity contribution in [3.63, 3.8) is 0 Å². The predicted octanol–water partition coefficient (Wildman–Crippen LogP) is 3.97. The number of sulfonamides is 1. The van der Waals surface area contributed by atoms with Gasteiger partial charge in [-0.2, -0.15) is 4.31 Å². The van der Waals surface area contributed by atoms with Crippen molar-refractivity contribution in [3.8, 4) is 0 Å². The zero-order valence-corrected chi connectivity index (χ0v) is 19.6. The van der Waals surface area contributed by atoms with Crippen LogP contribution in [0.3, 0.4) is 0 Å². The monoisotopic (exact) mass is 463 g/mol. The van der Waals surface area contributed by atoms with E-state index in [1.807, 2.05) is 19.1 Å². The van der Waals surface area contributed by atoms with Gasteiger partial charge < -0.3 is 10.2 Å². The SMILES string of the molecule is CC(NC(=O)CN(Cc1ccccc1Cl)S(C)(=O)=O)c1ccc(N2CCCCC2)cc1. The molecule has 0 bridgehead atoms. The molecule has 1 N–H and O–H groups in total. The van der Waals surface area contributed by atoms with Gasteiger partial charge in [-0.3, -0.25) is 4.79 Å². The normalized spacial score (nSPS) is 15.7. The van der Waals surface area contributed by atoms with Gasteiger partial charge in [0.1, 0.15) is 0 Å². The van der Waals surface area contributed by atoms with Gasteiger partial charge in [-0.15, -0.1) is 0 Å². The van der Waals surface area contributed by atoms with Crippen LogP contribution in [0.1, 0.15) is 43.4 Å². The van der Waals surface area contributed by atoms with E-state index in [-0.39, 0.29) is 25.0 Å². The first kappa shape index (κ1) is 23.6. The second-order valence-corrected chi connectivity index (χ2v) is 10.4. The summed E-state index contributed by atoms with van der Waals surface area (Å²) >= 11 is 6.16. The number of anilines is 1. The Kier molecular flexibility index (Phi) is 7.97. The summed E-state index contributed by atoms with van der Waals surface area (Å²) in [4.78, 5) is 15.0. The molecule has 3 rings (SSSR count). The zero-order valence-electron chi connectivity index (χ0n) is 18.1. The first-order chi connectivity index (χ1) is 14.7. The summed E-state index contributed by atoms with van der Waals surface area (Å²) in [6.45, 7) is 3.84. The number of rotatable bonds is 8. The van der Waals surface area contributed by atoms with Gasteiger partial charge in [-0.1, -0.05) is 41.9 Å². The lowest BCUT2D eigenvalue weighted by Crippen LogP contribution is -2.40. The third kappa shape index (κ3) is 6.69. The standard InChI is InChI=1S/C23H30ClN3O3S/c1-18(19-10-12-21(13-11-19)26-14-6-3-7-15-26)25-23(28)17-27(31(2,29)30)16-20-8-4-5-9-22(20)24/h4-5,8-13,18H,3,6-7,14-17H2,1-2H3,(H,25,28). The molecule has 1 amide bonds. The molecule has 168 valence electrons. The van der Waals surface area contributed by atoms with Crippen LogP contribution < -0.4 is 10.2 Å². The Morgan fingerprint density at radius 3 is 2.35 bits per heavy atom. The largest absolute Gasteiger partial charge is 0.372 e. The smallest absolute Gasteiger partial charge is 0.235 e. The van der Waals surface area contributed by atoms with E-state index in [0.717, 1.165) is 29.2 Å². The number of halogens is 1. The molecule has 2 aromatic carbocycles. The molecule has 0 aromatic heterocycles. The fourth-order valence-electron chi connectivity index (χ4n) is 3.76. The lowest BCUT2D eigenvalue weighted by Gasteiger charge is -2.29. The average molecular weight is 464 g/mol. The third-order valence-corrected chi connectivity index (χ3v) is 7.15. The van der Waals surface area contributed by atoms with Crippen molar-refractivity contribution < 1.29 is 13.2 Å². The molecule has 0 aliphatic carbocycles. The lowest BCUT2D eigenvalue weighted by atomic mass is 10.1. The van der Waals surface area contributed by atoms with Crippen molar-refractivity contribution in [2.45, 2.75) is 38.8 Å². The third-order valence-electron chi connectivity index (χ3n) is 5.59. The van der Waals surface area contributed by atoms with Crippen LogP contribution in [0.4, 0.5) is 5.69 Å². The summed E-state index contributed by atoms with van der Waals surface area (Å²) in [6.07, 6.45) is 4.83. The van der Waals surface area contributed by atoms with Crippen LogP contribution >= 0.6 is 11.6 Å². The summed E-state index contributed by atoms with van der Waals surface area (Å²) in [7, 11) is -3.59. The van der Waals surface area contributed by atoms with Crippen molar-refractivity contribution >= 4 is 33.2 Å². The molecule has 0 saturated carbocycles. The van der Waals surface area contributed by atoms with Gasteiger partial charge >= 0.3 is 0 Å². The van der Waals surface area contributed by atoms with Crippen LogP contribution in [0.5, 0.6) is 0 Å². The van der Waals surface area contributed by atoms with Crippen LogP contribution in [0.25, 0.3) is 0 Å². The van der Waals surface area contributed by atoms with E-state index >= 15 is 0 Å². The van der Waals surface area contributed by atoms with Gasteiger partial charge in [0.25, 0.3) is 0 Å². The fraction of sp³-hybridized carbons (Fsp3) is 0.435. The summed E-state index contributed by atoms with van der Waals surface area (Å²) in [5.41, 5.74) is 2.83. The van der Waals surface area contributed by atoms with E-state index in [4.69, 9.17) is 11.6 Å². The molecule has 1 aliphatic heterocycles. The van der Waals surface area contributed by atoms with Gasteiger partial charge in [0, 0.05) is 30.3 Å². The summed E-state index contributed by atoms with van der Waals surface area (Å²) < 4.78 is 25.6. The van der Waals surface area contributed by atoms with Crippen LogP contribution in [0.15, 0.2) is 48.5 Å². The van der Waals surface area contributed by atoms with E-state index < -0.39 is 10.0 Å². The molecular formula is C23H30ClN3O3S. The predicted molar refractivity (Wildman–Crippen MR) is 126 cm³/mol. The Morgan fingerprint density at radius 2 is 1.74 bits per heavy atom. The molecule has 2 aromatic rings. The molecule has 0 radical (unpaired) electrons. The Bertz CT molecular complexity index is 989. The number of benzene rings is 2. The highest BCUT2D eigenvalue weighted by Gasteiger charge is 2.22. The molecular weight excluding hydrogens is 434 g/mol. The molecule has 1 fully saturated rings. The number of hydrogen-bond acceptors (Lipinski definition) is 4. The minimum Gasteiger partial charge on any atom is -0.372 e. The Morgan fingerprint density at radius 1 is 1.10 bits per heavy atom. The number of nitrogens with zero attached hydrogens (tertiary/aromatic N) is 2. The van der Waals surface area contributed by atoms with Crippen molar-refractivity contribution in [1.82, 2.24) is 9.62 Å². The Labute approximate surface area is 190 Å². The number of hydrogen-bond donors (Lipinski definition) is 1. The molecule has 31 heavy (non-hydrogen) atoms. The molecule has 8 heteroatoms. The first-order valence-electron chi connectivity index (χ1n) is 10.6. The number of carbonyl (C=O) groups excluding carboxylic acids is 1. The lowest BCUT2D eigenvalue weighted by molar-refractivity contribution is -0.122. The van der Waals surface area contributed by atoms with Crippen molar-refractivity contribution in [1.29, 1.82) is 0 Å². The van der Waals surface area contributed by atoms with Crippen molar-refractivity contribution in [3.05, 3.63) is 64.7 Å². The number of amides is 1. The zero-order chi connectivity index (χ0) is 22.4. The minimum atomic E-state index is -3.59. The van der Waals surface area contributed by atoms with Crippen LogP contribution in [0, 0.1) is 0 Å². The van der Waals surface area contributed by atoms with E-state index in [9.17, 15) is 13.2 Å². The molecule has 1 aliphatic rings. The van der Waals surface area contributed by atoms with Crippen LogP contribution in [0.2, 0.25) is 5.02 Å². The fourth-order valence-corrected chi connectivity index (χ4v) is 4.68. The minimum absolute atomic E-state index is 0.0465. The molecule has 0 spiro atoms. The van der Waals surface area contributed by atoms with Crippen LogP contribution in [-0.4, -0.2) is 44.5 Å². The van der Waals surface area contributed by atoms with E-state index in [0.29, 0.717) is 10.6 Å². The Hall–Kier alpha value is -2.09. The summed E-state index contributed by atoms with van der Waals surface area (Å²) in [5, 5.41) is 3.38. The molecule has 6 nitrogen and oxygen atoms in total. The Balaban J connectivity index is 1.61. The van der Waals surface area contributed by atoms with E-state index in [1.165, 1.54) is 24.9 Å². The summed E-state index contributed by atoms with van der Waals surface area (Å²) in [5.74, 6) is -0.356. The maximum Gasteiger partial charge on any atom is 0.235 e. The molecule has 1 atom stereocenters.